The number of rotatable bonds is 3. The summed E-state index contributed by atoms with van der Waals surface area (Å²) in [7, 11) is 0. The van der Waals surface area contributed by atoms with Gasteiger partial charge in [-0.1, -0.05) is 13.8 Å². The molecule has 2 aromatic rings. The number of nitrogens with one attached hydrogen (secondary N) is 1. The van der Waals surface area contributed by atoms with E-state index in [0.717, 1.165) is 16.8 Å². The molecule has 20 heavy (non-hydrogen) atoms. The number of nitrogen functional groups attached to an aromatic ring is 1. The van der Waals surface area contributed by atoms with E-state index in [9.17, 15) is 4.39 Å². The van der Waals surface area contributed by atoms with Crippen LogP contribution in [0.1, 0.15) is 36.6 Å². The highest BCUT2D eigenvalue weighted by molar-refractivity contribution is 5.61. The molecule has 0 saturated heterocycles. The lowest BCUT2D eigenvalue weighted by Gasteiger charge is -2.15. The van der Waals surface area contributed by atoms with Crippen LogP contribution in [0.25, 0.3) is 11.4 Å². The molecule has 5 heteroatoms. The van der Waals surface area contributed by atoms with Gasteiger partial charge in [-0.3, -0.25) is 0 Å². The van der Waals surface area contributed by atoms with Crippen LogP contribution in [0.2, 0.25) is 0 Å². The molecule has 0 unspecified atom stereocenters. The summed E-state index contributed by atoms with van der Waals surface area (Å²) in [5, 5.41) is 0. The number of nitrogens with zero attached hydrogens (tertiary/aromatic N) is 2. The van der Waals surface area contributed by atoms with Gasteiger partial charge in [0.2, 0.25) is 0 Å². The average Bonchev–Trinajstić information content (AvgIpc) is 2.35. The monoisotopic (exact) mass is 274 g/mol. The molecule has 3 N–H and O–H groups in total. The average molecular weight is 274 g/mol. The van der Waals surface area contributed by atoms with Gasteiger partial charge in [0, 0.05) is 16.8 Å². The summed E-state index contributed by atoms with van der Waals surface area (Å²) in [6.45, 7) is 7.86. The van der Waals surface area contributed by atoms with E-state index in [1.165, 1.54) is 12.1 Å². The number of aromatic nitrogens is 2. The van der Waals surface area contributed by atoms with Crippen LogP contribution in [0.15, 0.2) is 18.2 Å². The lowest BCUT2D eigenvalue weighted by molar-refractivity contribution is 0.627. The third-order valence-corrected chi connectivity index (χ3v) is 3.15. The minimum atomic E-state index is -0.295. The van der Waals surface area contributed by atoms with Gasteiger partial charge in [-0.25, -0.2) is 20.2 Å². The van der Waals surface area contributed by atoms with Crippen LogP contribution in [0.3, 0.4) is 0 Å². The maximum absolute atomic E-state index is 13.5. The summed E-state index contributed by atoms with van der Waals surface area (Å²) in [5.74, 6) is 6.57. The molecule has 1 heterocycles. The molecule has 1 aromatic heterocycles. The number of hydrazine groups is 1. The predicted octanol–water partition coefficient (Wildman–Crippen LogP) is 3.31. The number of halogens is 1. The standard InChI is InChI=1S/C15H19FN4/c1-8(2)13-10(4)18-14(19-15(13)20-17)11-5-9(3)6-12(16)7-11/h5-8H,17H2,1-4H3,(H,18,19,20). The molecule has 0 amide bonds. The largest absolute Gasteiger partial charge is 0.308 e. The summed E-state index contributed by atoms with van der Waals surface area (Å²) >= 11 is 0. The van der Waals surface area contributed by atoms with Crippen LogP contribution in [0.5, 0.6) is 0 Å². The van der Waals surface area contributed by atoms with E-state index >= 15 is 0 Å². The molecule has 4 nitrogen and oxygen atoms in total. The van der Waals surface area contributed by atoms with Crippen molar-refractivity contribution < 1.29 is 4.39 Å². The fraction of sp³-hybridized carbons (Fsp3) is 0.333. The minimum absolute atomic E-state index is 0.254. The normalized spacial score (nSPS) is 10.9. The van der Waals surface area contributed by atoms with E-state index in [-0.39, 0.29) is 11.7 Å². The zero-order valence-corrected chi connectivity index (χ0v) is 12.2. The van der Waals surface area contributed by atoms with Gasteiger partial charge in [0.25, 0.3) is 0 Å². The van der Waals surface area contributed by atoms with Crippen molar-refractivity contribution in [2.75, 3.05) is 5.43 Å². The Labute approximate surface area is 118 Å². The maximum Gasteiger partial charge on any atom is 0.161 e. The Balaban J connectivity index is 2.61. The number of hydrogen-bond acceptors (Lipinski definition) is 4. The summed E-state index contributed by atoms with van der Waals surface area (Å²) < 4.78 is 13.5. The van der Waals surface area contributed by atoms with Crippen molar-refractivity contribution in [3.8, 4) is 11.4 Å². The number of nitrogens with two attached hydrogens (primary N) is 1. The van der Waals surface area contributed by atoms with Crippen molar-refractivity contribution in [2.45, 2.75) is 33.6 Å². The summed E-state index contributed by atoms with van der Waals surface area (Å²) in [6.07, 6.45) is 0. The van der Waals surface area contributed by atoms with Gasteiger partial charge in [-0.15, -0.1) is 0 Å². The van der Waals surface area contributed by atoms with Gasteiger partial charge < -0.3 is 5.43 Å². The number of benzene rings is 1. The second-order valence-electron chi connectivity index (χ2n) is 5.21. The van der Waals surface area contributed by atoms with Crippen molar-refractivity contribution in [3.05, 3.63) is 40.8 Å². The molecule has 0 atom stereocenters. The zero-order chi connectivity index (χ0) is 14.9. The zero-order valence-electron chi connectivity index (χ0n) is 12.2. The molecular formula is C15H19FN4. The third-order valence-electron chi connectivity index (χ3n) is 3.15. The first kappa shape index (κ1) is 14.4. The summed E-state index contributed by atoms with van der Waals surface area (Å²) in [6, 6.07) is 4.76. The lowest BCUT2D eigenvalue weighted by atomic mass is 10.0. The van der Waals surface area contributed by atoms with Crippen LogP contribution in [-0.4, -0.2) is 9.97 Å². The highest BCUT2D eigenvalue weighted by Crippen LogP contribution is 2.28. The first-order chi connectivity index (χ1) is 9.42. The second kappa shape index (κ2) is 5.54. The molecule has 1 aromatic carbocycles. The Hall–Kier alpha value is -2.01. The minimum Gasteiger partial charge on any atom is -0.308 e. The van der Waals surface area contributed by atoms with E-state index in [2.05, 4.69) is 29.2 Å². The smallest absolute Gasteiger partial charge is 0.161 e. The van der Waals surface area contributed by atoms with Gasteiger partial charge in [0.1, 0.15) is 11.6 Å². The number of aryl methyl sites for hydroxylation is 2. The predicted molar refractivity (Wildman–Crippen MR) is 78.8 cm³/mol. The van der Waals surface area contributed by atoms with Gasteiger partial charge >= 0.3 is 0 Å². The fourth-order valence-corrected chi connectivity index (χ4v) is 2.38. The van der Waals surface area contributed by atoms with Crippen molar-refractivity contribution in [1.29, 1.82) is 0 Å². The van der Waals surface area contributed by atoms with Crippen LogP contribution in [0, 0.1) is 19.7 Å². The van der Waals surface area contributed by atoms with Gasteiger partial charge in [-0.05, 0) is 43.5 Å². The van der Waals surface area contributed by atoms with Crippen molar-refractivity contribution >= 4 is 5.82 Å². The van der Waals surface area contributed by atoms with Crippen molar-refractivity contribution in [2.24, 2.45) is 5.84 Å². The van der Waals surface area contributed by atoms with Crippen molar-refractivity contribution in [1.82, 2.24) is 9.97 Å². The number of hydrogen-bond donors (Lipinski definition) is 2. The molecule has 0 aliphatic carbocycles. The second-order valence-corrected chi connectivity index (χ2v) is 5.21. The first-order valence-corrected chi connectivity index (χ1v) is 6.55. The van der Waals surface area contributed by atoms with Gasteiger partial charge in [0.15, 0.2) is 5.82 Å². The van der Waals surface area contributed by atoms with Crippen LogP contribution < -0.4 is 11.3 Å². The molecule has 0 saturated carbocycles. The molecule has 0 aliphatic rings. The molecule has 0 fully saturated rings. The van der Waals surface area contributed by atoms with Crippen molar-refractivity contribution in [3.63, 3.8) is 0 Å². The van der Waals surface area contributed by atoms with Gasteiger partial charge in [-0.2, -0.15) is 0 Å². The molecule has 0 spiro atoms. The Kier molecular flexibility index (Phi) is 3.99. The Bertz CT molecular complexity index is 618. The molecule has 2 rings (SSSR count). The maximum atomic E-state index is 13.5. The third kappa shape index (κ3) is 2.77. The highest BCUT2D eigenvalue weighted by Gasteiger charge is 2.15. The SMILES string of the molecule is Cc1cc(F)cc(-c2nc(C)c(C(C)C)c(NN)n2)c1. The lowest BCUT2D eigenvalue weighted by Crippen LogP contribution is -2.14. The number of anilines is 1. The van der Waals surface area contributed by atoms with E-state index in [0.29, 0.717) is 17.2 Å². The summed E-state index contributed by atoms with van der Waals surface area (Å²) in [4.78, 5) is 8.89. The highest BCUT2D eigenvalue weighted by atomic mass is 19.1. The molecule has 0 radical (unpaired) electrons. The van der Waals surface area contributed by atoms with Gasteiger partial charge in [0.05, 0.1) is 0 Å². The topological polar surface area (TPSA) is 63.8 Å². The summed E-state index contributed by atoms with van der Waals surface area (Å²) in [5.41, 5.74) is 5.92. The van der Waals surface area contributed by atoms with E-state index in [4.69, 9.17) is 5.84 Å². The van der Waals surface area contributed by atoms with E-state index in [1.807, 2.05) is 19.9 Å². The van der Waals surface area contributed by atoms with Crippen LogP contribution in [-0.2, 0) is 0 Å². The Morgan fingerprint density at radius 2 is 1.85 bits per heavy atom. The van der Waals surface area contributed by atoms with E-state index in [1.54, 1.807) is 0 Å². The first-order valence-electron chi connectivity index (χ1n) is 6.55. The quantitative estimate of drug-likeness (QED) is 0.665. The fourth-order valence-electron chi connectivity index (χ4n) is 2.38. The van der Waals surface area contributed by atoms with Crippen LogP contribution in [0.4, 0.5) is 10.2 Å². The molecule has 0 aliphatic heterocycles. The Morgan fingerprint density at radius 1 is 1.15 bits per heavy atom. The van der Waals surface area contributed by atoms with E-state index < -0.39 is 0 Å². The molecule has 0 bridgehead atoms. The van der Waals surface area contributed by atoms with Crippen LogP contribution >= 0.6 is 0 Å². The molecule has 106 valence electrons. The molecular weight excluding hydrogens is 255 g/mol. The Morgan fingerprint density at radius 3 is 2.40 bits per heavy atom.